The maximum atomic E-state index is 12.2. The first-order valence-electron chi connectivity index (χ1n) is 26.7. The lowest BCUT2D eigenvalue weighted by molar-refractivity contribution is -0.385. The average Bonchev–Trinajstić information content (AvgIpc) is 3.71. The predicted octanol–water partition coefficient (Wildman–Crippen LogP) is 9.75. The van der Waals surface area contributed by atoms with Crippen LogP contribution in [0.2, 0.25) is 0 Å². The maximum absolute atomic E-state index is 12.2. The monoisotopic (exact) mass is 1290 g/mol. The second-order valence-corrected chi connectivity index (χ2v) is 19.6. The van der Waals surface area contributed by atoms with Crippen LogP contribution in [0.15, 0.2) is 205 Å². The highest BCUT2D eigenvalue weighted by atomic mass is 79.9. The van der Waals surface area contributed by atoms with Crippen LogP contribution in [0.1, 0.15) is 67.0 Å². The number of pyridine rings is 3. The third-order valence-electron chi connectivity index (χ3n) is 12.4. The number of benzene rings is 6. The molecule has 0 unspecified atom stereocenters. The molecule has 25 nitrogen and oxygen atoms in total. The average molecular weight is 1290 g/mol. The van der Waals surface area contributed by atoms with E-state index in [9.17, 15) is 54.1 Å². The van der Waals surface area contributed by atoms with Gasteiger partial charge in [-0.2, -0.15) is 0 Å². The second kappa shape index (κ2) is 35.2. The number of amides is 2. The van der Waals surface area contributed by atoms with Gasteiger partial charge in [0, 0.05) is 48.2 Å². The van der Waals surface area contributed by atoms with Crippen molar-refractivity contribution in [2.24, 2.45) is 0 Å². The number of carbonyl (C=O) groups is 6. The summed E-state index contributed by atoms with van der Waals surface area (Å²) in [6, 6.07) is 49.7. The standard InChI is InChI=1S/C21H17N3O5.C21H18N2O4.C9H11BO4.C7H7NO2.C5H3BrN2O2/c25-20(23-19-4-2-1-3-17(19)21(26)27)12-7-14-5-8-15(9-6-14)18-11-10-16(13-22-18)24(28)29;24-16-10-11-18(22-13-16)15-8-5-14(6-9-15)7-12-20(25)23-19-4-2-1-3-17(19)21(26)27;11-9(12)6-3-7-1-4-8(5-2-7)10(13)14;8-6-4-2-1-3-5(6)7(9)10;6-5-2-1-4(3-7-5)8(9)10/h1-6,8-11,13H,7,12H2,(H,23,25)(H,26,27);1-6,8-11,13,24H,7,12H2,(H,23,25)(H,26,27);1-2,4-5,13-14H,3,6H2,(H,11,12);1-4H,8H2,(H,9,10);1-3H. The molecule has 0 saturated heterocycles. The van der Waals surface area contributed by atoms with E-state index in [0.29, 0.717) is 46.4 Å². The van der Waals surface area contributed by atoms with Gasteiger partial charge in [0.25, 0.3) is 11.4 Å². The van der Waals surface area contributed by atoms with Crippen LogP contribution >= 0.6 is 15.9 Å². The Hall–Kier alpha value is -11.5. The zero-order chi connectivity index (χ0) is 65.7. The molecule has 0 aliphatic carbocycles. The van der Waals surface area contributed by atoms with Gasteiger partial charge in [-0.15, -0.1) is 0 Å². The van der Waals surface area contributed by atoms with Gasteiger partial charge in [0.15, 0.2) is 0 Å². The number of carbonyl (C=O) groups excluding carboxylic acids is 2. The van der Waals surface area contributed by atoms with Gasteiger partial charge in [0.1, 0.15) is 22.7 Å². The van der Waals surface area contributed by atoms with Crippen LogP contribution in [0.3, 0.4) is 0 Å². The smallest absolute Gasteiger partial charge is 0.488 e. The third-order valence-corrected chi connectivity index (χ3v) is 12.8. The number of hydrogen-bond donors (Lipinski definition) is 10. The van der Waals surface area contributed by atoms with E-state index in [4.69, 9.17) is 36.2 Å². The Balaban J connectivity index is 0.000000220. The van der Waals surface area contributed by atoms with Gasteiger partial charge in [-0.05, 0) is 118 Å². The highest BCUT2D eigenvalue weighted by Crippen LogP contribution is 2.23. The molecule has 0 spiro atoms. The molecular weight excluding hydrogens is 1230 g/mol. The minimum Gasteiger partial charge on any atom is -0.506 e. The normalized spacial score (nSPS) is 10.0. The summed E-state index contributed by atoms with van der Waals surface area (Å²) in [6.45, 7) is 0. The van der Waals surface area contributed by atoms with E-state index < -0.39 is 40.8 Å². The molecule has 0 fully saturated rings. The number of aromatic nitrogens is 3. The topological polar surface area (TPSA) is 419 Å². The maximum Gasteiger partial charge on any atom is 0.488 e. The van der Waals surface area contributed by atoms with Gasteiger partial charge in [0.05, 0.1) is 55.5 Å². The number of nitrogens with zero attached hydrogens (tertiary/aromatic N) is 5. The van der Waals surface area contributed by atoms with Gasteiger partial charge < -0.3 is 51.9 Å². The number of para-hydroxylation sites is 3. The first-order chi connectivity index (χ1) is 43.0. The van der Waals surface area contributed by atoms with Crippen LogP contribution in [-0.2, 0) is 33.6 Å². The van der Waals surface area contributed by atoms with Crippen molar-refractivity contribution in [3.8, 4) is 28.3 Å². The molecule has 0 aliphatic heterocycles. The summed E-state index contributed by atoms with van der Waals surface area (Å²) in [5.41, 5.74) is 12.7. The van der Waals surface area contributed by atoms with Crippen LogP contribution < -0.4 is 21.8 Å². The van der Waals surface area contributed by atoms with Crippen LogP contribution in [0.5, 0.6) is 5.75 Å². The minimum absolute atomic E-state index is 0.00296. The van der Waals surface area contributed by atoms with Crippen LogP contribution in [0, 0.1) is 20.2 Å². The molecule has 90 heavy (non-hydrogen) atoms. The van der Waals surface area contributed by atoms with E-state index in [0.717, 1.165) is 33.5 Å². The van der Waals surface area contributed by atoms with Crippen molar-refractivity contribution >= 4 is 92.6 Å². The zero-order valence-corrected chi connectivity index (χ0v) is 48.9. The number of anilines is 3. The van der Waals surface area contributed by atoms with Crippen molar-refractivity contribution in [1.29, 1.82) is 0 Å². The summed E-state index contributed by atoms with van der Waals surface area (Å²) in [7, 11) is -1.47. The molecule has 3 aromatic heterocycles. The van der Waals surface area contributed by atoms with Gasteiger partial charge in [-0.1, -0.05) is 109 Å². The van der Waals surface area contributed by atoms with Crippen LogP contribution in [0.4, 0.5) is 28.4 Å². The summed E-state index contributed by atoms with van der Waals surface area (Å²) >= 11 is 3.06. The van der Waals surface area contributed by atoms with Crippen LogP contribution in [0.25, 0.3) is 22.5 Å². The molecule has 460 valence electrons. The fraction of sp³-hybridized carbons (Fsp3) is 0.0952. The number of aliphatic carboxylic acids is 1. The lowest BCUT2D eigenvalue weighted by Gasteiger charge is -2.08. The Bertz CT molecular complexity index is 3900. The van der Waals surface area contributed by atoms with Crippen molar-refractivity contribution in [3.05, 3.63) is 259 Å². The van der Waals surface area contributed by atoms with E-state index in [2.05, 4.69) is 41.5 Å². The number of nitrogen functional groups attached to an aromatic ring is 1. The number of nitrogens with two attached hydrogens (primary N) is 1. The Kier molecular flexibility index (Phi) is 27.1. The number of aryl methyl sites for hydroxylation is 3. The number of aromatic carboxylic acids is 3. The van der Waals surface area contributed by atoms with Crippen molar-refractivity contribution in [1.82, 2.24) is 15.0 Å². The minimum atomic E-state index is -1.47. The van der Waals surface area contributed by atoms with Crippen LogP contribution in [-0.4, -0.2) is 103 Å². The first kappa shape index (κ1) is 69.2. The molecule has 9 rings (SSSR count). The number of aromatic hydroxyl groups is 1. The largest absolute Gasteiger partial charge is 0.506 e. The summed E-state index contributed by atoms with van der Waals surface area (Å²) in [6.07, 6.45) is 5.79. The number of hydrogen-bond acceptors (Lipinski definition) is 17. The molecule has 3 heterocycles. The highest BCUT2D eigenvalue weighted by molar-refractivity contribution is 9.10. The molecule has 9 aromatic rings. The number of carboxylic acid groups (broad SMARTS) is 4. The fourth-order valence-electron chi connectivity index (χ4n) is 7.68. The lowest BCUT2D eigenvalue weighted by Crippen LogP contribution is -2.29. The number of carboxylic acids is 4. The summed E-state index contributed by atoms with van der Waals surface area (Å²) in [5.74, 6) is -4.41. The Labute approximate surface area is 521 Å². The van der Waals surface area contributed by atoms with Crippen molar-refractivity contribution in [2.45, 2.75) is 38.5 Å². The van der Waals surface area contributed by atoms with E-state index in [1.54, 1.807) is 97.1 Å². The lowest BCUT2D eigenvalue weighted by atomic mass is 9.80. The number of rotatable bonds is 19. The van der Waals surface area contributed by atoms with Crippen molar-refractivity contribution in [2.75, 3.05) is 16.4 Å². The number of nitrogens with one attached hydrogen (secondary N) is 2. The zero-order valence-electron chi connectivity index (χ0n) is 47.3. The molecule has 0 aliphatic rings. The van der Waals surface area contributed by atoms with E-state index in [1.165, 1.54) is 55.0 Å². The quantitative estimate of drug-likeness (QED) is 0.0118. The third kappa shape index (κ3) is 23.4. The molecule has 6 aromatic carbocycles. The Morgan fingerprint density at radius 1 is 0.478 bits per heavy atom. The summed E-state index contributed by atoms with van der Waals surface area (Å²) in [4.78, 5) is 99.0. The molecular formula is C63H56BBrN8O17. The number of nitro groups is 2. The van der Waals surface area contributed by atoms with E-state index >= 15 is 0 Å². The molecule has 0 radical (unpaired) electrons. The molecule has 0 bridgehead atoms. The first-order valence-corrected chi connectivity index (χ1v) is 27.5. The molecule has 2 amide bonds. The van der Waals surface area contributed by atoms with Crippen molar-refractivity contribution < 1.29 is 74.2 Å². The predicted molar refractivity (Wildman–Crippen MR) is 337 cm³/mol. The second-order valence-electron chi connectivity index (χ2n) is 18.7. The van der Waals surface area contributed by atoms with E-state index in [-0.39, 0.29) is 70.6 Å². The fourth-order valence-corrected chi connectivity index (χ4v) is 7.91. The Morgan fingerprint density at radius 2 is 0.867 bits per heavy atom. The van der Waals surface area contributed by atoms with Crippen molar-refractivity contribution in [3.63, 3.8) is 0 Å². The molecule has 27 heteroatoms. The van der Waals surface area contributed by atoms with Gasteiger partial charge in [-0.25, -0.2) is 24.4 Å². The van der Waals surface area contributed by atoms with E-state index in [1.807, 2.05) is 48.5 Å². The number of halogens is 1. The Morgan fingerprint density at radius 3 is 1.22 bits per heavy atom. The molecule has 11 N–H and O–H groups in total. The molecule has 0 saturated carbocycles. The van der Waals surface area contributed by atoms with Gasteiger partial charge in [0.2, 0.25) is 11.8 Å². The molecule has 0 atom stereocenters. The van der Waals surface area contributed by atoms with Gasteiger partial charge >= 0.3 is 31.0 Å². The van der Waals surface area contributed by atoms with Gasteiger partial charge in [-0.3, -0.25) is 39.6 Å². The summed E-state index contributed by atoms with van der Waals surface area (Å²) in [5, 5.41) is 88.1. The summed E-state index contributed by atoms with van der Waals surface area (Å²) < 4.78 is 0.595. The highest BCUT2D eigenvalue weighted by Gasteiger charge is 2.15. The SMILES string of the molecule is Nc1ccccc1C(=O)O.O=C(CCc1ccc(-c2ccc(O)cn2)cc1)Nc1ccccc1C(=O)O.O=C(CCc1ccc(-c2ccc([N+](=O)[O-])cn2)cc1)Nc1ccccc1C(=O)O.O=C(O)CCc1ccc(B(O)O)cc1.O=[N+]([O-])c1ccc(Br)nc1.